The first-order valence-corrected chi connectivity index (χ1v) is 8.24. The summed E-state index contributed by atoms with van der Waals surface area (Å²) >= 11 is 0. The molecule has 1 unspecified atom stereocenters. The zero-order valence-electron chi connectivity index (χ0n) is 13.4. The van der Waals surface area contributed by atoms with Crippen LogP contribution in [-0.4, -0.2) is 14.8 Å². The molecule has 0 bridgehead atoms. The Morgan fingerprint density at radius 1 is 1.08 bits per heavy atom. The van der Waals surface area contributed by atoms with Crippen molar-refractivity contribution >= 4 is 5.95 Å². The van der Waals surface area contributed by atoms with Crippen molar-refractivity contribution in [1.82, 2.24) is 14.8 Å². The number of nitrogen functional groups attached to an aromatic ring is 1. The Labute approximate surface area is 141 Å². The Balaban J connectivity index is 1.41. The van der Waals surface area contributed by atoms with E-state index in [9.17, 15) is 0 Å². The third-order valence-electron chi connectivity index (χ3n) is 4.48. The highest BCUT2D eigenvalue weighted by molar-refractivity contribution is 5.31. The van der Waals surface area contributed by atoms with E-state index in [2.05, 4.69) is 34.3 Å². The number of fused-ring (bicyclic) bond motifs is 1. The number of nitrogens with zero attached hydrogens (tertiary/aromatic N) is 3. The fourth-order valence-corrected chi connectivity index (χ4v) is 3.19. The molecule has 2 heterocycles. The molecule has 0 saturated heterocycles. The van der Waals surface area contributed by atoms with Crippen molar-refractivity contribution in [1.29, 1.82) is 0 Å². The van der Waals surface area contributed by atoms with Crippen molar-refractivity contribution in [2.24, 2.45) is 0 Å². The second-order valence-corrected chi connectivity index (χ2v) is 6.14. The molecule has 1 atom stereocenters. The third kappa shape index (κ3) is 3.11. The van der Waals surface area contributed by atoms with E-state index < -0.39 is 0 Å². The second kappa shape index (κ2) is 6.35. The summed E-state index contributed by atoms with van der Waals surface area (Å²) in [5.41, 5.74) is 8.17. The number of rotatable bonds is 4. The van der Waals surface area contributed by atoms with E-state index in [-0.39, 0.29) is 0 Å². The number of aromatic nitrogens is 3. The largest absolute Gasteiger partial charge is 0.489 e. The van der Waals surface area contributed by atoms with Crippen LogP contribution in [0.5, 0.6) is 5.75 Å². The maximum atomic E-state index is 5.85. The summed E-state index contributed by atoms with van der Waals surface area (Å²) in [5.74, 6) is 2.71. The van der Waals surface area contributed by atoms with Gasteiger partial charge in [0.2, 0.25) is 5.95 Å². The van der Waals surface area contributed by atoms with Gasteiger partial charge >= 0.3 is 0 Å². The summed E-state index contributed by atoms with van der Waals surface area (Å²) in [6, 6.07) is 18.6. The van der Waals surface area contributed by atoms with Crippen LogP contribution in [0.1, 0.15) is 29.3 Å². The minimum atomic E-state index is 0.371. The van der Waals surface area contributed by atoms with Crippen molar-refractivity contribution in [3.8, 4) is 5.75 Å². The fourth-order valence-electron chi connectivity index (χ4n) is 3.19. The summed E-state index contributed by atoms with van der Waals surface area (Å²) in [6.45, 7) is 1.46. The first-order valence-electron chi connectivity index (χ1n) is 8.24. The molecule has 122 valence electrons. The molecule has 0 saturated carbocycles. The molecule has 4 rings (SSSR count). The molecule has 3 aromatic rings. The van der Waals surface area contributed by atoms with Gasteiger partial charge in [-0.2, -0.15) is 4.98 Å². The smallest absolute Gasteiger partial charge is 0.239 e. The van der Waals surface area contributed by atoms with E-state index in [1.807, 2.05) is 35.0 Å². The Kier molecular flexibility index (Phi) is 3.91. The normalized spacial score (nSPS) is 16.6. The maximum absolute atomic E-state index is 5.85. The summed E-state index contributed by atoms with van der Waals surface area (Å²) < 4.78 is 7.77. The Morgan fingerprint density at radius 2 is 1.88 bits per heavy atom. The lowest BCUT2D eigenvalue weighted by Crippen LogP contribution is -2.19. The number of anilines is 1. The van der Waals surface area contributed by atoms with E-state index >= 15 is 0 Å². The number of benzene rings is 2. The average molecular weight is 320 g/mol. The molecule has 1 aliphatic heterocycles. The summed E-state index contributed by atoms with van der Waals surface area (Å²) in [6.07, 6.45) is 1.94. The molecule has 5 heteroatoms. The number of aryl methyl sites for hydroxylation is 1. The lowest BCUT2D eigenvalue weighted by atomic mass is 9.90. The zero-order valence-corrected chi connectivity index (χ0v) is 13.4. The molecule has 1 aliphatic rings. The topological polar surface area (TPSA) is 66.0 Å². The van der Waals surface area contributed by atoms with E-state index in [0.29, 0.717) is 18.5 Å². The van der Waals surface area contributed by atoms with Crippen molar-refractivity contribution in [2.75, 3.05) is 5.73 Å². The third-order valence-corrected chi connectivity index (χ3v) is 4.48. The van der Waals surface area contributed by atoms with Gasteiger partial charge in [-0.1, -0.05) is 42.5 Å². The fraction of sp³-hybridized carbons (Fsp3) is 0.263. The molecular weight excluding hydrogens is 300 g/mol. The Morgan fingerprint density at radius 3 is 2.67 bits per heavy atom. The molecule has 0 amide bonds. The van der Waals surface area contributed by atoms with E-state index in [1.54, 1.807) is 0 Å². The molecule has 0 spiro atoms. The van der Waals surface area contributed by atoms with Crippen LogP contribution in [0.4, 0.5) is 5.95 Å². The number of hydrogen-bond acceptors (Lipinski definition) is 4. The van der Waals surface area contributed by atoms with Gasteiger partial charge in [-0.3, -0.25) is 0 Å². The first kappa shape index (κ1) is 14.8. The van der Waals surface area contributed by atoms with Crippen LogP contribution >= 0.6 is 0 Å². The maximum Gasteiger partial charge on any atom is 0.239 e. The van der Waals surface area contributed by atoms with Gasteiger partial charge in [-0.15, -0.1) is 5.10 Å². The predicted molar refractivity (Wildman–Crippen MR) is 92.7 cm³/mol. The molecule has 0 aliphatic carbocycles. The van der Waals surface area contributed by atoms with Crippen LogP contribution in [0.15, 0.2) is 54.6 Å². The van der Waals surface area contributed by atoms with Crippen LogP contribution in [0.25, 0.3) is 0 Å². The van der Waals surface area contributed by atoms with Gasteiger partial charge in [0.15, 0.2) is 0 Å². The van der Waals surface area contributed by atoms with Gasteiger partial charge in [-0.25, -0.2) is 4.68 Å². The van der Waals surface area contributed by atoms with E-state index in [0.717, 1.165) is 31.0 Å². The Bertz CT molecular complexity index is 811. The average Bonchev–Trinajstić information content (AvgIpc) is 3.00. The number of hydrogen-bond donors (Lipinski definition) is 1. The molecule has 2 aromatic carbocycles. The SMILES string of the molecule is Nc1nc2n(n1)CCC(c1ccc(OCc3ccccc3)cc1)C2. The van der Waals surface area contributed by atoms with Crippen LogP contribution in [0, 0.1) is 0 Å². The minimum absolute atomic E-state index is 0.371. The van der Waals surface area contributed by atoms with Gasteiger partial charge in [0.1, 0.15) is 18.2 Å². The van der Waals surface area contributed by atoms with Crippen LogP contribution in [0.3, 0.4) is 0 Å². The number of nitrogens with two attached hydrogens (primary N) is 1. The molecule has 2 N–H and O–H groups in total. The van der Waals surface area contributed by atoms with Gasteiger partial charge < -0.3 is 10.5 Å². The van der Waals surface area contributed by atoms with Crippen molar-refractivity contribution in [2.45, 2.75) is 31.9 Å². The van der Waals surface area contributed by atoms with Gasteiger partial charge in [0.25, 0.3) is 0 Å². The second-order valence-electron chi connectivity index (χ2n) is 6.14. The minimum Gasteiger partial charge on any atom is -0.489 e. The van der Waals surface area contributed by atoms with E-state index in [4.69, 9.17) is 10.5 Å². The van der Waals surface area contributed by atoms with Gasteiger partial charge in [-0.05, 0) is 35.6 Å². The molecule has 24 heavy (non-hydrogen) atoms. The van der Waals surface area contributed by atoms with Gasteiger partial charge in [0.05, 0.1) is 0 Å². The first-order chi connectivity index (χ1) is 11.8. The molecule has 0 radical (unpaired) electrons. The zero-order chi connectivity index (χ0) is 16.4. The number of ether oxygens (including phenoxy) is 1. The molecule has 1 aromatic heterocycles. The van der Waals surface area contributed by atoms with Crippen LogP contribution in [0.2, 0.25) is 0 Å². The van der Waals surface area contributed by atoms with Crippen LogP contribution < -0.4 is 10.5 Å². The molecular formula is C19H20N4O. The molecule has 5 nitrogen and oxygen atoms in total. The summed E-state index contributed by atoms with van der Waals surface area (Å²) in [5, 5.41) is 4.21. The van der Waals surface area contributed by atoms with E-state index in [1.165, 1.54) is 11.1 Å². The van der Waals surface area contributed by atoms with Crippen molar-refractivity contribution < 1.29 is 4.74 Å². The lowest BCUT2D eigenvalue weighted by molar-refractivity contribution is 0.306. The highest BCUT2D eigenvalue weighted by Gasteiger charge is 2.22. The summed E-state index contributed by atoms with van der Waals surface area (Å²) in [4.78, 5) is 4.31. The standard InChI is InChI=1S/C19H20N4O/c20-19-21-18-12-16(10-11-23(18)22-19)15-6-8-17(9-7-15)24-13-14-4-2-1-3-5-14/h1-9,16H,10-13H2,(H2,20,22). The predicted octanol–water partition coefficient (Wildman–Crippen LogP) is 3.17. The quantitative estimate of drug-likeness (QED) is 0.802. The summed E-state index contributed by atoms with van der Waals surface area (Å²) in [7, 11) is 0. The highest BCUT2D eigenvalue weighted by atomic mass is 16.5. The lowest BCUT2D eigenvalue weighted by Gasteiger charge is -2.22. The highest BCUT2D eigenvalue weighted by Crippen LogP contribution is 2.30. The van der Waals surface area contributed by atoms with Crippen molar-refractivity contribution in [3.63, 3.8) is 0 Å². The van der Waals surface area contributed by atoms with Crippen LogP contribution in [-0.2, 0) is 19.6 Å². The monoisotopic (exact) mass is 320 g/mol. The molecule has 0 fully saturated rings. The van der Waals surface area contributed by atoms with Gasteiger partial charge in [0, 0.05) is 13.0 Å². The Hall–Kier alpha value is -2.82. The van der Waals surface area contributed by atoms with Crippen molar-refractivity contribution in [3.05, 3.63) is 71.5 Å².